The molecule has 2 aromatic carbocycles. The first-order valence-corrected chi connectivity index (χ1v) is 10.8. The van der Waals surface area contributed by atoms with E-state index in [-0.39, 0.29) is 17.9 Å². The van der Waals surface area contributed by atoms with Crippen LogP contribution in [0.5, 0.6) is 0 Å². The number of nitrogens with one attached hydrogen (secondary N) is 3. The van der Waals surface area contributed by atoms with Crippen molar-refractivity contribution >= 4 is 28.7 Å². The minimum Gasteiger partial charge on any atom is -0.354 e. The topological polar surface area (TPSA) is 96.0 Å². The predicted octanol–water partition coefficient (Wildman–Crippen LogP) is 3.19. The average molecular weight is 415 g/mol. The number of carbonyl (C=O) groups excluding carboxylic acids is 2. The maximum atomic E-state index is 12.5. The molecule has 158 valence electrons. The van der Waals surface area contributed by atoms with Gasteiger partial charge in [0.25, 0.3) is 5.91 Å². The Labute approximate surface area is 180 Å². The van der Waals surface area contributed by atoms with Gasteiger partial charge in [-0.2, -0.15) is 0 Å². The van der Waals surface area contributed by atoms with E-state index >= 15 is 0 Å². The fraction of sp³-hybridized carbons (Fsp3) is 0.333. The van der Waals surface area contributed by atoms with Crippen LogP contribution in [0.2, 0.25) is 0 Å². The van der Waals surface area contributed by atoms with E-state index in [1.165, 1.54) is 0 Å². The van der Waals surface area contributed by atoms with Gasteiger partial charge in [-0.1, -0.05) is 12.1 Å². The molecule has 1 unspecified atom stereocenters. The summed E-state index contributed by atoms with van der Waals surface area (Å²) in [6, 6.07) is 12.4. The summed E-state index contributed by atoms with van der Waals surface area (Å²) in [7, 11) is 0. The number of amides is 2. The fourth-order valence-corrected chi connectivity index (χ4v) is 3.88. The largest absolute Gasteiger partial charge is 0.354 e. The summed E-state index contributed by atoms with van der Waals surface area (Å²) in [5.41, 5.74) is 4.71. The highest BCUT2D eigenvalue weighted by Gasteiger charge is 2.24. The highest BCUT2D eigenvalue weighted by Crippen LogP contribution is 2.28. The van der Waals surface area contributed by atoms with Gasteiger partial charge in [-0.05, 0) is 67.1 Å². The number of aromatic nitrogens is 2. The second-order valence-electron chi connectivity index (χ2n) is 8.43. The second-order valence-corrected chi connectivity index (χ2v) is 8.43. The van der Waals surface area contributed by atoms with Gasteiger partial charge in [-0.25, -0.2) is 9.97 Å². The minimum atomic E-state index is -0.0116. The maximum absolute atomic E-state index is 12.5. The van der Waals surface area contributed by atoms with E-state index in [1.54, 1.807) is 0 Å². The molecule has 2 fully saturated rings. The van der Waals surface area contributed by atoms with Crippen molar-refractivity contribution < 1.29 is 9.59 Å². The third kappa shape index (κ3) is 4.35. The van der Waals surface area contributed by atoms with Crippen LogP contribution >= 0.6 is 0 Å². The lowest BCUT2D eigenvalue weighted by atomic mass is 9.97. The van der Waals surface area contributed by atoms with Gasteiger partial charge in [0.05, 0.1) is 5.52 Å². The Morgan fingerprint density at radius 1 is 1.10 bits per heavy atom. The molecule has 5 rings (SSSR count). The van der Waals surface area contributed by atoms with Crippen LogP contribution in [0.4, 0.5) is 5.95 Å². The summed E-state index contributed by atoms with van der Waals surface area (Å²) >= 11 is 0. The fourth-order valence-electron chi connectivity index (χ4n) is 3.88. The van der Waals surface area contributed by atoms with Crippen molar-refractivity contribution in [1.29, 1.82) is 0 Å². The quantitative estimate of drug-likeness (QED) is 0.595. The van der Waals surface area contributed by atoms with Gasteiger partial charge < -0.3 is 16.0 Å². The number of aryl methyl sites for hydroxylation is 1. The lowest BCUT2D eigenvalue weighted by Crippen LogP contribution is -2.42. The Kier molecular flexibility index (Phi) is 5.02. The lowest BCUT2D eigenvalue weighted by molar-refractivity contribution is -0.122. The number of rotatable bonds is 5. The van der Waals surface area contributed by atoms with Crippen molar-refractivity contribution in [3.05, 3.63) is 53.7 Å². The first-order chi connectivity index (χ1) is 15.0. The molecule has 1 saturated heterocycles. The monoisotopic (exact) mass is 415 g/mol. The zero-order chi connectivity index (χ0) is 21.4. The van der Waals surface area contributed by atoms with E-state index < -0.39 is 0 Å². The molecular weight excluding hydrogens is 390 g/mol. The molecule has 2 heterocycles. The molecule has 3 aromatic rings. The van der Waals surface area contributed by atoms with E-state index in [1.807, 2.05) is 36.5 Å². The lowest BCUT2D eigenvalue weighted by Gasteiger charge is -2.23. The van der Waals surface area contributed by atoms with Crippen molar-refractivity contribution in [3.63, 3.8) is 0 Å². The van der Waals surface area contributed by atoms with E-state index in [0.717, 1.165) is 46.9 Å². The van der Waals surface area contributed by atoms with Gasteiger partial charge in [-0.3, -0.25) is 9.59 Å². The molecule has 7 heteroatoms. The Bertz CT molecular complexity index is 1160. The summed E-state index contributed by atoms with van der Waals surface area (Å²) in [5.74, 6) is 0.646. The van der Waals surface area contributed by atoms with E-state index in [0.29, 0.717) is 30.5 Å². The first-order valence-electron chi connectivity index (χ1n) is 10.8. The molecule has 7 nitrogen and oxygen atoms in total. The molecule has 1 aliphatic heterocycles. The van der Waals surface area contributed by atoms with E-state index in [4.69, 9.17) is 0 Å². The molecule has 1 aromatic heterocycles. The summed E-state index contributed by atoms with van der Waals surface area (Å²) < 4.78 is 0. The summed E-state index contributed by atoms with van der Waals surface area (Å²) in [6.45, 7) is 2.64. The van der Waals surface area contributed by atoms with Gasteiger partial charge in [0.2, 0.25) is 11.9 Å². The second kappa shape index (κ2) is 7.98. The van der Waals surface area contributed by atoms with E-state index in [2.05, 4.69) is 38.9 Å². The van der Waals surface area contributed by atoms with Gasteiger partial charge in [0.1, 0.15) is 0 Å². The normalized spacial score (nSPS) is 18.5. The number of fused-ring (bicyclic) bond motifs is 1. The van der Waals surface area contributed by atoms with Crippen LogP contribution in [-0.4, -0.2) is 40.4 Å². The van der Waals surface area contributed by atoms with Crippen LogP contribution in [0.15, 0.2) is 42.6 Å². The van der Waals surface area contributed by atoms with Crippen molar-refractivity contribution in [2.75, 3.05) is 11.9 Å². The molecule has 0 radical (unpaired) electrons. The van der Waals surface area contributed by atoms with Crippen LogP contribution in [-0.2, 0) is 4.79 Å². The Hall–Kier alpha value is -3.48. The van der Waals surface area contributed by atoms with Gasteiger partial charge in [-0.15, -0.1) is 0 Å². The molecule has 1 atom stereocenters. The zero-order valence-corrected chi connectivity index (χ0v) is 17.4. The Morgan fingerprint density at radius 3 is 2.74 bits per heavy atom. The van der Waals surface area contributed by atoms with Crippen molar-refractivity contribution in [3.8, 4) is 11.1 Å². The molecule has 2 aliphatic rings. The number of anilines is 1. The van der Waals surface area contributed by atoms with Crippen LogP contribution < -0.4 is 16.0 Å². The van der Waals surface area contributed by atoms with Crippen LogP contribution in [0.25, 0.3) is 22.0 Å². The van der Waals surface area contributed by atoms with Crippen molar-refractivity contribution in [2.24, 2.45) is 0 Å². The molecule has 2 amide bonds. The van der Waals surface area contributed by atoms with Crippen LogP contribution in [0, 0.1) is 6.92 Å². The van der Waals surface area contributed by atoms with Crippen molar-refractivity contribution in [2.45, 2.75) is 44.7 Å². The highest BCUT2D eigenvalue weighted by atomic mass is 16.2. The summed E-state index contributed by atoms with van der Waals surface area (Å²) in [4.78, 5) is 32.9. The molecule has 31 heavy (non-hydrogen) atoms. The van der Waals surface area contributed by atoms with Gasteiger partial charge in [0.15, 0.2) is 0 Å². The highest BCUT2D eigenvalue weighted by molar-refractivity contribution is 5.96. The van der Waals surface area contributed by atoms with Crippen molar-refractivity contribution in [1.82, 2.24) is 20.6 Å². The maximum Gasteiger partial charge on any atom is 0.251 e. The molecule has 1 saturated carbocycles. The van der Waals surface area contributed by atoms with Gasteiger partial charge >= 0.3 is 0 Å². The average Bonchev–Trinajstić information content (AvgIpc) is 3.59. The first kappa shape index (κ1) is 19.5. The Balaban J connectivity index is 1.38. The number of nitrogens with zero attached hydrogens (tertiary/aromatic N) is 2. The van der Waals surface area contributed by atoms with Crippen LogP contribution in [0.1, 0.15) is 41.6 Å². The Morgan fingerprint density at radius 2 is 1.97 bits per heavy atom. The molecular formula is C24H25N5O2. The third-order valence-electron chi connectivity index (χ3n) is 5.90. The number of hydrogen-bond acceptors (Lipinski definition) is 5. The number of piperidine rings is 1. The summed E-state index contributed by atoms with van der Waals surface area (Å²) in [5, 5.41) is 10.2. The molecule has 1 aliphatic carbocycles. The van der Waals surface area contributed by atoms with Gasteiger partial charge in [0, 0.05) is 42.2 Å². The third-order valence-corrected chi connectivity index (χ3v) is 5.90. The zero-order valence-electron chi connectivity index (χ0n) is 17.4. The number of hydrogen-bond donors (Lipinski definition) is 3. The predicted molar refractivity (Wildman–Crippen MR) is 120 cm³/mol. The smallest absolute Gasteiger partial charge is 0.251 e. The SMILES string of the molecule is Cc1ccc(C(=O)NC2CC2)cc1-c1ccc2nc(NC3CCC(=O)NC3)ncc2c1. The molecule has 0 spiro atoms. The van der Waals surface area contributed by atoms with Crippen LogP contribution in [0.3, 0.4) is 0 Å². The molecule has 3 N–H and O–H groups in total. The standard InChI is InChI=1S/C24H25N5O2/c1-14-2-3-16(23(31)27-18-5-6-18)11-20(14)15-4-8-21-17(10-15)12-26-24(29-21)28-19-7-9-22(30)25-13-19/h2-4,8,10-12,18-19H,5-7,9,13H2,1H3,(H,25,30)(H,27,31)(H,26,28,29). The number of benzene rings is 2. The van der Waals surface area contributed by atoms with E-state index in [9.17, 15) is 9.59 Å². The number of carbonyl (C=O) groups is 2. The molecule has 0 bridgehead atoms. The minimum absolute atomic E-state index is 0.0116. The summed E-state index contributed by atoms with van der Waals surface area (Å²) in [6.07, 6.45) is 5.25.